The molecule has 1 aromatic rings. The van der Waals surface area contributed by atoms with E-state index in [0.29, 0.717) is 5.25 Å². The molecule has 92 valence electrons. The molecular formula is C13H16BrNOS. The number of benzene rings is 1. The van der Waals surface area contributed by atoms with E-state index in [1.54, 1.807) is 0 Å². The molecule has 0 bridgehead atoms. The lowest BCUT2D eigenvalue weighted by Gasteiger charge is -2.30. The van der Waals surface area contributed by atoms with Gasteiger partial charge in [-0.2, -0.15) is 11.8 Å². The smallest absolute Gasteiger partial charge is 0.253 e. The Kier molecular flexibility index (Phi) is 4.15. The molecule has 1 atom stereocenters. The van der Waals surface area contributed by atoms with Crippen molar-refractivity contribution in [1.29, 1.82) is 0 Å². The molecule has 0 radical (unpaired) electrons. The molecule has 0 saturated carbocycles. The highest BCUT2D eigenvalue weighted by molar-refractivity contribution is 9.10. The van der Waals surface area contributed by atoms with Crippen molar-refractivity contribution in [2.75, 3.05) is 18.8 Å². The van der Waals surface area contributed by atoms with Crippen molar-refractivity contribution in [3.8, 4) is 0 Å². The lowest BCUT2D eigenvalue weighted by molar-refractivity contribution is 0.0763. The Morgan fingerprint density at radius 3 is 2.94 bits per heavy atom. The maximum Gasteiger partial charge on any atom is 0.253 e. The Balaban J connectivity index is 2.15. The molecule has 0 aromatic heterocycles. The van der Waals surface area contributed by atoms with Gasteiger partial charge in [0.1, 0.15) is 0 Å². The normalized spacial score (nSPS) is 20.4. The third-order valence-corrected chi connectivity index (χ3v) is 4.96. The Hall–Kier alpha value is -0.480. The molecule has 1 aliphatic rings. The topological polar surface area (TPSA) is 20.3 Å². The highest BCUT2D eigenvalue weighted by Crippen LogP contribution is 2.22. The Labute approximate surface area is 115 Å². The van der Waals surface area contributed by atoms with E-state index in [1.165, 1.54) is 0 Å². The van der Waals surface area contributed by atoms with E-state index in [9.17, 15) is 4.79 Å². The monoisotopic (exact) mass is 313 g/mol. The number of hydrogen-bond donors (Lipinski definition) is 0. The Morgan fingerprint density at radius 2 is 2.29 bits per heavy atom. The third-order valence-electron chi connectivity index (χ3n) is 2.93. The van der Waals surface area contributed by atoms with E-state index in [1.807, 2.05) is 41.8 Å². The largest absolute Gasteiger partial charge is 0.337 e. The number of nitrogens with zero attached hydrogens (tertiary/aromatic N) is 1. The highest BCUT2D eigenvalue weighted by Gasteiger charge is 2.22. The fourth-order valence-electron chi connectivity index (χ4n) is 1.96. The summed E-state index contributed by atoms with van der Waals surface area (Å²) in [4.78, 5) is 14.3. The highest BCUT2D eigenvalue weighted by atomic mass is 79.9. The minimum atomic E-state index is 0.160. The molecule has 0 spiro atoms. The molecule has 0 N–H and O–H groups in total. The molecule has 1 fully saturated rings. The lowest BCUT2D eigenvalue weighted by atomic mass is 10.1. The summed E-state index contributed by atoms with van der Waals surface area (Å²) < 4.78 is 1.05. The summed E-state index contributed by atoms with van der Waals surface area (Å²) in [7, 11) is 0. The first-order chi connectivity index (χ1) is 8.08. The average Bonchev–Trinajstić information content (AvgIpc) is 2.32. The van der Waals surface area contributed by atoms with Crippen molar-refractivity contribution < 1.29 is 4.79 Å². The van der Waals surface area contributed by atoms with Crippen molar-refractivity contribution in [1.82, 2.24) is 4.90 Å². The fourth-order valence-corrected chi connectivity index (χ4v) is 3.22. The predicted molar refractivity (Wildman–Crippen MR) is 76.7 cm³/mol. The van der Waals surface area contributed by atoms with Gasteiger partial charge in [0, 0.05) is 34.1 Å². The van der Waals surface area contributed by atoms with E-state index in [2.05, 4.69) is 22.9 Å². The number of amides is 1. The number of thioether (sulfide) groups is 1. The predicted octanol–water partition coefficient (Wildman–Crippen LogP) is 3.34. The quantitative estimate of drug-likeness (QED) is 0.792. The van der Waals surface area contributed by atoms with Crippen LogP contribution in [0.2, 0.25) is 0 Å². The van der Waals surface area contributed by atoms with Crippen LogP contribution in [0.4, 0.5) is 0 Å². The van der Waals surface area contributed by atoms with Crippen LogP contribution in [0.25, 0.3) is 0 Å². The second-order valence-electron chi connectivity index (χ2n) is 4.40. The first kappa shape index (κ1) is 13.0. The lowest BCUT2D eigenvalue weighted by Crippen LogP contribution is -2.41. The summed E-state index contributed by atoms with van der Waals surface area (Å²) in [5.41, 5.74) is 1.90. The van der Waals surface area contributed by atoms with Crippen LogP contribution in [0, 0.1) is 6.92 Å². The zero-order valence-corrected chi connectivity index (χ0v) is 12.5. The van der Waals surface area contributed by atoms with E-state index < -0.39 is 0 Å². The summed E-state index contributed by atoms with van der Waals surface area (Å²) in [5.74, 6) is 1.20. The molecule has 1 aromatic carbocycles. The zero-order chi connectivity index (χ0) is 12.4. The van der Waals surface area contributed by atoms with Crippen molar-refractivity contribution in [2.45, 2.75) is 19.1 Å². The number of carbonyl (C=O) groups excluding carboxylic acids is 1. The van der Waals surface area contributed by atoms with Gasteiger partial charge < -0.3 is 4.90 Å². The molecule has 1 heterocycles. The number of rotatable bonds is 1. The van der Waals surface area contributed by atoms with E-state index in [0.717, 1.165) is 34.4 Å². The van der Waals surface area contributed by atoms with Crippen LogP contribution in [-0.4, -0.2) is 34.9 Å². The molecule has 0 aliphatic carbocycles. The van der Waals surface area contributed by atoms with Crippen LogP contribution < -0.4 is 0 Å². The number of hydrogen-bond acceptors (Lipinski definition) is 2. The summed E-state index contributed by atoms with van der Waals surface area (Å²) in [6.07, 6.45) is 0. The molecule has 2 rings (SSSR count). The van der Waals surface area contributed by atoms with Crippen LogP contribution in [0.5, 0.6) is 0 Å². The second kappa shape index (κ2) is 5.44. The maximum atomic E-state index is 12.3. The maximum absolute atomic E-state index is 12.3. The van der Waals surface area contributed by atoms with E-state index >= 15 is 0 Å². The SMILES string of the molecule is Cc1cc(C(=O)N2CCSC(C)C2)ccc1Br. The first-order valence-electron chi connectivity index (χ1n) is 5.75. The van der Waals surface area contributed by atoms with Gasteiger partial charge in [0.05, 0.1) is 0 Å². The number of halogens is 1. The summed E-state index contributed by atoms with van der Waals surface area (Å²) in [6, 6.07) is 5.80. The van der Waals surface area contributed by atoms with Crippen LogP contribution >= 0.6 is 27.7 Å². The van der Waals surface area contributed by atoms with Crippen molar-refractivity contribution >= 4 is 33.6 Å². The van der Waals surface area contributed by atoms with Gasteiger partial charge in [-0.15, -0.1) is 0 Å². The Morgan fingerprint density at radius 1 is 1.53 bits per heavy atom. The van der Waals surface area contributed by atoms with Gasteiger partial charge in [0.25, 0.3) is 5.91 Å². The second-order valence-corrected chi connectivity index (χ2v) is 6.80. The first-order valence-corrected chi connectivity index (χ1v) is 7.59. The van der Waals surface area contributed by atoms with Gasteiger partial charge in [0.2, 0.25) is 0 Å². The van der Waals surface area contributed by atoms with Gasteiger partial charge in [-0.25, -0.2) is 0 Å². The minimum Gasteiger partial charge on any atom is -0.337 e. The molecule has 4 heteroatoms. The van der Waals surface area contributed by atoms with Crippen molar-refractivity contribution in [3.63, 3.8) is 0 Å². The van der Waals surface area contributed by atoms with Crippen molar-refractivity contribution in [2.24, 2.45) is 0 Å². The number of aryl methyl sites for hydroxylation is 1. The van der Waals surface area contributed by atoms with Gasteiger partial charge in [-0.1, -0.05) is 22.9 Å². The zero-order valence-electron chi connectivity index (χ0n) is 10.1. The standard InChI is InChI=1S/C13H16BrNOS/c1-9-7-11(3-4-12(9)14)13(16)15-5-6-17-10(2)8-15/h3-4,7,10H,5-6,8H2,1-2H3. The molecular weight excluding hydrogens is 298 g/mol. The number of carbonyl (C=O) groups is 1. The van der Waals surface area contributed by atoms with Crippen LogP contribution in [0.1, 0.15) is 22.8 Å². The van der Waals surface area contributed by atoms with Gasteiger partial charge in [-0.3, -0.25) is 4.79 Å². The minimum absolute atomic E-state index is 0.160. The van der Waals surface area contributed by atoms with Crippen LogP contribution in [0.3, 0.4) is 0 Å². The molecule has 17 heavy (non-hydrogen) atoms. The summed E-state index contributed by atoms with van der Waals surface area (Å²) in [6.45, 7) is 5.91. The fraction of sp³-hybridized carbons (Fsp3) is 0.462. The molecule has 1 unspecified atom stereocenters. The molecule has 2 nitrogen and oxygen atoms in total. The molecule has 1 amide bonds. The van der Waals surface area contributed by atoms with Gasteiger partial charge >= 0.3 is 0 Å². The van der Waals surface area contributed by atoms with E-state index in [4.69, 9.17) is 0 Å². The summed E-state index contributed by atoms with van der Waals surface area (Å²) in [5, 5.41) is 0.546. The Bertz CT molecular complexity index is 435. The van der Waals surface area contributed by atoms with Crippen molar-refractivity contribution in [3.05, 3.63) is 33.8 Å². The van der Waals surface area contributed by atoms with E-state index in [-0.39, 0.29) is 5.91 Å². The van der Waals surface area contributed by atoms with Gasteiger partial charge in [0.15, 0.2) is 0 Å². The third kappa shape index (κ3) is 3.05. The molecule has 1 aliphatic heterocycles. The molecule has 1 saturated heterocycles. The van der Waals surface area contributed by atoms with Crippen LogP contribution in [0.15, 0.2) is 22.7 Å². The van der Waals surface area contributed by atoms with Crippen LogP contribution in [-0.2, 0) is 0 Å². The summed E-state index contributed by atoms with van der Waals surface area (Å²) >= 11 is 5.39. The average molecular weight is 314 g/mol. The van der Waals surface area contributed by atoms with Gasteiger partial charge in [-0.05, 0) is 30.7 Å².